The Morgan fingerprint density at radius 3 is 2.52 bits per heavy atom. The van der Waals surface area contributed by atoms with Gasteiger partial charge in [-0.25, -0.2) is 8.42 Å². The zero-order valence-corrected chi connectivity index (χ0v) is 19.5. The molecule has 9 heteroatoms. The first-order valence-corrected chi connectivity index (χ1v) is 12.5. The van der Waals surface area contributed by atoms with Gasteiger partial charge in [-0.15, -0.1) is 0 Å². The molecule has 0 saturated heterocycles. The minimum Gasteiger partial charge on any atom is -0.489 e. The van der Waals surface area contributed by atoms with Crippen molar-refractivity contribution in [2.75, 3.05) is 0 Å². The Morgan fingerprint density at radius 2 is 1.82 bits per heavy atom. The van der Waals surface area contributed by atoms with Crippen LogP contribution < -0.4 is 9.46 Å². The van der Waals surface area contributed by atoms with E-state index in [-0.39, 0.29) is 23.3 Å². The summed E-state index contributed by atoms with van der Waals surface area (Å²) in [6.07, 6.45) is 0.537. The van der Waals surface area contributed by atoms with Gasteiger partial charge >= 0.3 is 5.97 Å². The van der Waals surface area contributed by atoms with Gasteiger partial charge in [-0.05, 0) is 53.9 Å². The van der Waals surface area contributed by atoms with Gasteiger partial charge in [0.25, 0.3) is 0 Å². The van der Waals surface area contributed by atoms with Gasteiger partial charge < -0.3 is 9.84 Å². The average molecular weight is 504 g/mol. The number of sulfonamides is 1. The Balaban J connectivity index is 1.32. The highest BCUT2D eigenvalue weighted by Gasteiger charge is 2.74. The molecule has 0 aromatic heterocycles. The predicted molar refractivity (Wildman–Crippen MR) is 124 cm³/mol. The average Bonchev–Trinajstić information content (AvgIpc) is 3.21. The number of hydrogen-bond donors (Lipinski definition) is 2. The monoisotopic (exact) mass is 503 g/mol. The number of ether oxygens (including phenoxy) is 1. The minimum absolute atomic E-state index is 0.0294. The van der Waals surface area contributed by atoms with Crippen LogP contribution in [-0.4, -0.2) is 25.0 Å². The van der Waals surface area contributed by atoms with E-state index in [1.165, 1.54) is 24.3 Å². The molecular formula is C24H19Cl2NO5S. The maximum absolute atomic E-state index is 13.1. The second-order valence-corrected chi connectivity index (χ2v) is 10.8. The molecule has 33 heavy (non-hydrogen) atoms. The van der Waals surface area contributed by atoms with Gasteiger partial charge in [0, 0.05) is 27.4 Å². The number of nitrogens with one attached hydrogen (secondary N) is 1. The van der Waals surface area contributed by atoms with Crippen LogP contribution in [0.15, 0.2) is 71.6 Å². The number of halogens is 2. The van der Waals surface area contributed by atoms with Gasteiger partial charge in [-0.2, -0.15) is 4.72 Å². The lowest BCUT2D eigenvalue weighted by molar-refractivity contribution is -0.140. The van der Waals surface area contributed by atoms with Gasteiger partial charge in [-0.3, -0.25) is 4.79 Å². The molecule has 3 aromatic carbocycles. The smallest absolute Gasteiger partial charge is 0.325 e. The van der Waals surface area contributed by atoms with Gasteiger partial charge in [0.05, 0.1) is 4.90 Å². The number of benzene rings is 3. The number of hydrogen-bond acceptors (Lipinski definition) is 4. The van der Waals surface area contributed by atoms with Crippen molar-refractivity contribution in [2.45, 2.75) is 29.4 Å². The van der Waals surface area contributed by atoms with Crippen molar-refractivity contribution in [1.29, 1.82) is 0 Å². The standard InChI is InChI=1S/C24H19Cl2NO5S/c25-16-6-5-15(21(26)12-16)13-32-17-7-9-18(10-8-17)33(30,31)27-24(23(28)29)20-11-14-3-1-2-4-19(14)22(20)24/h1-10,12,20,22,27H,11,13H2,(H,28,29)/t20-,22+,24+/m0/s1. The molecular weight excluding hydrogens is 485 g/mol. The van der Waals surface area contributed by atoms with Crippen LogP contribution in [0.3, 0.4) is 0 Å². The van der Waals surface area contributed by atoms with Crippen LogP contribution in [0.5, 0.6) is 5.75 Å². The summed E-state index contributed by atoms with van der Waals surface area (Å²) in [5.74, 6) is -1.37. The highest BCUT2D eigenvalue weighted by molar-refractivity contribution is 7.89. The molecule has 6 nitrogen and oxygen atoms in total. The van der Waals surface area contributed by atoms with E-state index in [0.717, 1.165) is 16.7 Å². The molecule has 0 aliphatic heterocycles. The highest BCUT2D eigenvalue weighted by atomic mass is 35.5. The third-order valence-corrected chi connectivity index (χ3v) is 8.49. The zero-order valence-electron chi connectivity index (χ0n) is 17.2. The number of carbonyl (C=O) groups is 1. The van der Waals surface area contributed by atoms with Gasteiger partial charge in [-0.1, -0.05) is 53.5 Å². The van der Waals surface area contributed by atoms with Crippen LogP contribution in [0.4, 0.5) is 0 Å². The van der Waals surface area contributed by atoms with Crippen molar-refractivity contribution in [2.24, 2.45) is 5.92 Å². The number of fused-ring (bicyclic) bond motifs is 3. The molecule has 3 aromatic rings. The van der Waals surface area contributed by atoms with E-state index in [2.05, 4.69) is 4.72 Å². The van der Waals surface area contributed by atoms with Gasteiger partial charge in [0.2, 0.25) is 10.0 Å². The molecule has 2 N–H and O–H groups in total. The highest BCUT2D eigenvalue weighted by Crippen LogP contribution is 2.64. The largest absolute Gasteiger partial charge is 0.489 e. The lowest BCUT2D eigenvalue weighted by Gasteiger charge is -2.19. The molecule has 1 fully saturated rings. The van der Waals surface area contributed by atoms with E-state index in [1.807, 2.05) is 24.3 Å². The molecule has 0 heterocycles. The molecule has 1 saturated carbocycles. The summed E-state index contributed by atoms with van der Waals surface area (Å²) in [6, 6.07) is 18.5. The molecule has 2 aliphatic carbocycles. The second kappa shape index (κ2) is 8.02. The van der Waals surface area contributed by atoms with E-state index >= 15 is 0 Å². The van der Waals surface area contributed by atoms with Crippen molar-refractivity contribution in [1.82, 2.24) is 4.72 Å². The Bertz CT molecular complexity index is 1360. The summed E-state index contributed by atoms with van der Waals surface area (Å²) in [7, 11) is -4.06. The van der Waals surface area contributed by atoms with Crippen LogP contribution in [0, 0.1) is 5.92 Å². The third-order valence-electron chi connectivity index (χ3n) is 6.40. The van der Waals surface area contributed by atoms with Gasteiger partial charge in [0.15, 0.2) is 0 Å². The molecule has 0 amide bonds. The summed E-state index contributed by atoms with van der Waals surface area (Å²) in [5, 5.41) is 10.9. The van der Waals surface area contributed by atoms with E-state index in [1.54, 1.807) is 18.2 Å². The minimum atomic E-state index is -4.06. The maximum atomic E-state index is 13.1. The Kier molecular flexibility index (Phi) is 5.40. The van der Waals surface area contributed by atoms with Crippen molar-refractivity contribution in [3.8, 4) is 5.75 Å². The Hall–Kier alpha value is -2.58. The van der Waals surface area contributed by atoms with E-state index in [0.29, 0.717) is 22.2 Å². The topological polar surface area (TPSA) is 92.7 Å². The third kappa shape index (κ3) is 3.79. The Labute approximate surface area is 201 Å². The number of aliphatic carboxylic acids is 1. The second-order valence-electron chi connectivity index (χ2n) is 8.26. The summed E-state index contributed by atoms with van der Waals surface area (Å²) in [4.78, 5) is 12.1. The first kappa shape index (κ1) is 22.2. The van der Waals surface area contributed by atoms with Crippen molar-refractivity contribution in [3.63, 3.8) is 0 Å². The summed E-state index contributed by atoms with van der Waals surface area (Å²) in [5.41, 5.74) is 1.19. The molecule has 5 rings (SSSR count). The van der Waals surface area contributed by atoms with Crippen molar-refractivity contribution >= 4 is 39.2 Å². The lowest BCUT2D eigenvalue weighted by atomic mass is 9.99. The lowest BCUT2D eigenvalue weighted by Crippen LogP contribution is -2.46. The van der Waals surface area contributed by atoms with E-state index in [9.17, 15) is 18.3 Å². The van der Waals surface area contributed by atoms with E-state index in [4.69, 9.17) is 27.9 Å². The Morgan fingerprint density at radius 1 is 1.09 bits per heavy atom. The molecule has 3 atom stereocenters. The molecule has 170 valence electrons. The maximum Gasteiger partial charge on any atom is 0.325 e. The normalized spacial score (nSPS) is 23.0. The first-order valence-electron chi connectivity index (χ1n) is 10.2. The van der Waals surface area contributed by atoms with Gasteiger partial charge in [0.1, 0.15) is 17.9 Å². The molecule has 0 bridgehead atoms. The summed E-state index contributed by atoms with van der Waals surface area (Å²) >= 11 is 12.0. The fourth-order valence-corrected chi connectivity index (χ4v) is 6.62. The van der Waals surface area contributed by atoms with Crippen molar-refractivity contribution in [3.05, 3.63) is 93.5 Å². The summed E-state index contributed by atoms with van der Waals surface area (Å²) in [6.45, 7) is 0.186. The number of rotatable bonds is 7. The first-order chi connectivity index (χ1) is 15.7. The predicted octanol–water partition coefficient (Wildman–Crippen LogP) is 4.64. The fourth-order valence-electron chi connectivity index (χ4n) is 4.73. The summed E-state index contributed by atoms with van der Waals surface area (Å²) < 4.78 is 34.3. The van der Waals surface area contributed by atoms with E-state index < -0.39 is 21.5 Å². The fraction of sp³-hybridized carbons (Fsp3) is 0.208. The molecule has 0 unspecified atom stereocenters. The molecule has 2 aliphatic rings. The van der Waals surface area contributed by atoms with Crippen LogP contribution >= 0.6 is 23.2 Å². The number of carboxylic acid groups (broad SMARTS) is 1. The molecule has 0 spiro atoms. The van der Waals surface area contributed by atoms with Crippen LogP contribution in [0.1, 0.15) is 22.6 Å². The van der Waals surface area contributed by atoms with Crippen molar-refractivity contribution < 1.29 is 23.1 Å². The van der Waals surface area contributed by atoms with Crippen LogP contribution in [-0.2, 0) is 27.8 Å². The molecule has 0 radical (unpaired) electrons. The zero-order chi connectivity index (χ0) is 23.4. The quantitative estimate of drug-likeness (QED) is 0.489. The van der Waals surface area contributed by atoms with Crippen LogP contribution in [0.25, 0.3) is 0 Å². The number of carboxylic acids is 1. The van der Waals surface area contributed by atoms with Crippen LogP contribution in [0.2, 0.25) is 10.0 Å². The SMILES string of the molecule is O=C(O)[C@]1(NS(=O)(=O)c2ccc(OCc3ccc(Cl)cc3Cl)cc2)[C@@H]2c3ccccc3C[C@@H]21.